The molecule has 0 fully saturated rings. The van der Waals surface area contributed by atoms with Crippen LogP contribution in [-0.4, -0.2) is 23.0 Å². The average Bonchev–Trinajstić information content (AvgIpc) is 2.70. The van der Waals surface area contributed by atoms with Crippen molar-refractivity contribution >= 4 is 34.0 Å². The lowest BCUT2D eigenvalue weighted by atomic mass is 10.2. The number of nitrogens with one attached hydrogen (secondary N) is 1. The van der Waals surface area contributed by atoms with Gasteiger partial charge in [0.1, 0.15) is 0 Å². The van der Waals surface area contributed by atoms with E-state index in [2.05, 4.69) is 5.32 Å². The van der Waals surface area contributed by atoms with Crippen molar-refractivity contribution in [1.29, 1.82) is 0 Å². The van der Waals surface area contributed by atoms with Crippen molar-refractivity contribution in [2.45, 2.75) is 0 Å². The minimum absolute atomic E-state index is 0.434. The molecule has 0 aliphatic heterocycles. The molecule has 6 nitrogen and oxygen atoms in total. The van der Waals surface area contributed by atoms with Gasteiger partial charge >= 0.3 is 0 Å². The summed E-state index contributed by atoms with van der Waals surface area (Å²) >= 11 is -2.55. The van der Waals surface area contributed by atoms with E-state index in [1.165, 1.54) is 18.5 Å². The van der Waals surface area contributed by atoms with Crippen LogP contribution in [0, 0.1) is 0 Å². The first-order valence-electron chi connectivity index (χ1n) is 8.16. The van der Waals surface area contributed by atoms with Crippen molar-refractivity contribution in [2.24, 2.45) is 0 Å². The molecule has 0 aromatic heterocycles. The smallest absolute Gasteiger partial charge is 0.162 e. The van der Waals surface area contributed by atoms with Crippen LogP contribution in [0.25, 0.3) is 0 Å². The van der Waals surface area contributed by atoms with Gasteiger partial charge in [0.2, 0.25) is 0 Å². The van der Waals surface area contributed by atoms with E-state index in [4.69, 9.17) is 9.47 Å². The van der Waals surface area contributed by atoms with Crippen LogP contribution in [0.1, 0.15) is 0 Å². The zero-order valence-corrected chi connectivity index (χ0v) is 15.7. The number of hydrogen-bond donors (Lipinski definition) is 1. The molecule has 0 aliphatic rings. The van der Waals surface area contributed by atoms with E-state index in [0.29, 0.717) is 28.6 Å². The molecule has 0 bridgehead atoms. The first-order valence-corrected chi connectivity index (χ1v) is 9.20. The zero-order chi connectivity index (χ0) is 19.2. The van der Waals surface area contributed by atoms with Crippen LogP contribution in [0.15, 0.2) is 72.8 Å². The number of hydrogen-bond acceptors (Lipinski definition) is 5. The third kappa shape index (κ3) is 4.21. The SMILES string of the molecule is COc1ccc(N(c2ccccc2Nc2ccccc2)S(=O)[O-])cc1OC. The molecule has 1 N–H and O–H groups in total. The van der Waals surface area contributed by atoms with Crippen LogP contribution in [-0.2, 0) is 11.3 Å². The minimum Gasteiger partial charge on any atom is -0.755 e. The summed E-state index contributed by atoms with van der Waals surface area (Å²) in [6, 6.07) is 21.7. The second kappa shape index (κ2) is 8.57. The first kappa shape index (κ1) is 18.8. The molecule has 0 heterocycles. The molecule has 27 heavy (non-hydrogen) atoms. The molecule has 0 saturated heterocycles. The third-order valence-electron chi connectivity index (χ3n) is 3.93. The molecule has 140 valence electrons. The van der Waals surface area contributed by atoms with Gasteiger partial charge in [0.25, 0.3) is 0 Å². The summed E-state index contributed by atoms with van der Waals surface area (Å²) in [6.45, 7) is 0. The Morgan fingerprint density at radius 2 is 1.56 bits per heavy atom. The van der Waals surface area contributed by atoms with E-state index in [9.17, 15) is 8.76 Å². The summed E-state index contributed by atoms with van der Waals surface area (Å²) in [5.41, 5.74) is 2.43. The van der Waals surface area contributed by atoms with Crippen molar-refractivity contribution in [2.75, 3.05) is 23.8 Å². The van der Waals surface area contributed by atoms with Gasteiger partial charge in [-0.25, -0.2) is 0 Å². The Hall–Kier alpha value is -3.03. The molecule has 3 aromatic carbocycles. The fourth-order valence-corrected chi connectivity index (χ4v) is 3.30. The number of rotatable bonds is 7. The number of para-hydroxylation sites is 3. The van der Waals surface area contributed by atoms with Crippen LogP contribution in [0.5, 0.6) is 11.5 Å². The second-order valence-electron chi connectivity index (χ2n) is 5.56. The Bertz CT molecular complexity index is 934. The van der Waals surface area contributed by atoms with Gasteiger partial charge in [-0.3, -0.25) is 8.51 Å². The Morgan fingerprint density at radius 1 is 0.889 bits per heavy atom. The lowest BCUT2D eigenvalue weighted by Gasteiger charge is -2.29. The lowest BCUT2D eigenvalue weighted by Crippen LogP contribution is -2.20. The normalized spacial score (nSPS) is 11.5. The second-order valence-corrected chi connectivity index (χ2v) is 6.36. The van der Waals surface area contributed by atoms with E-state index < -0.39 is 11.3 Å². The van der Waals surface area contributed by atoms with Gasteiger partial charge < -0.3 is 19.3 Å². The predicted octanol–water partition coefficient (Wildman–Crippen LogP) is 4.38. The quantitative estimate of drug-likeness (QED) is 0.613. The highest BCUT2D eigenvalue weighted by Crippen LogP contribution is 2.38. The molecular weight excluding hydrogens is 364 g/mol. The predicted molar refractivity (Wildman–Crippen MR) is 107 cm³/mol. The highest BCUT2D eigenvalue weighted by Gasteiger charge is 2.17. The first-order chi connectivity index (χ1) is 13.1. The number of ether oxygens (including phenoxy) is 2. The van der Waals surface area contributed by atoms with Crippen molar-refractivity contribution in [1.82, 2.24) is 0 Å². The largest absolute Gasteiger partial charge is 0.755 e. The topological polar surface area (TPSA) is 73.9 Å². The molecule has 0 amide bonds. The van der Waals surface area contributed by atoms with Gasteiger partial charge in [-0.05, 0) is 36.4 Å². The summed E-state index contributed by atoms with van der Waals surface area (Å²) < 4.78 is 35.9. The molecule has 0 saturated carbocycles. The average molecular weight is 383 g/mol. The van der Waals surface area contributed by atoms with Crippen LogP contribution in [0.4, 0.5) is 22.7 Å². The minimum atomic E-state index is -2.55. The Labute approximate surface area is 160 Å². The van der Waals surface area contributed by atoms with Crippen LogP contribution >= 0.6 is 0 Å². The van der Waals surface area contributed by atoms with E-state index in [1.54, 1.807) is 30.3 Å². The number of benzene rings is 3. The lowest BCUT2D eigenvalue weighted by molar-refractivity contribution is 0.355. The molecule has 0 aliphatic carbocycles. The molecule has 0 spiro atoms. The monoisotopic (exact) mass is 383 g/mol. The summed E-state index contributed by atoms with van der Waals surface area (Å²) in [7, 11) is 3.03. The van der Waals surface area contributed by atoms with E-state index >= 15 is 0 Å². The third-order valence-corrected chi connectivity index (χ3v) is 4.63. The molecule has 1 atom stereocenters. The molecule has 1 unspecified atom stereocenters. The van der Waals surface area contributed by atoms with Crippen LogP contribution in [0.2, 0.25) is 0 Å². The van der Waals surface area contributed by atoms with E-state index in [0.717, 1.165) is 5.69 Å². The van der Waals surface area contributed by atoms with Gasteiger partial charge in [-0.2, -0.15) is 0 Å². The van der Waals surface area contributed by atoms with Gasteiger partial charge in [-0.1, -0.05) is 30.3 Å². The highest BCUT2D eigenvalue weighted by molar-refractivity contribution is 7.81. The van der Waals surface area contributed by atoms with Gasteiger partial charge in [0.15, 0.2) is 11.5 Å². The summed E-state index contributed by atoms with van der Waals surface area (Å²) in [5.74, 6) is 0.965. The van der Waals surface area contributed by atoms with Gasteiger partial charge in [0.05, 0.1) is 42.5 Å². The van der Waals surface area contributed by atoms with Crippen LogP contribution in [0.3, 0.4) is 0 Å². The Kier molecular flexibility index (Phi) is 5.95. The summed E-state index contributed by atoms with van der Waals surface area (Å²) in [4.78, 5) is 0. The number of anilines is 4. The van der Waals surface area contributed by atoms with Gasteiger partial charge in [-0.15, -0.1) is 0 Å². The number of methoxy groups -OCH3 is 2. The van der Waals surface area contributed by atoms with Crippen molar-refractivity contribution < 1.29 is 18.2 Å². The zero-order valence-electron chi connectivity index (χ0n) is 14.9. The summed E-state index contributed by atoms with van der Waals surface area (Å²) in [6.07, 6.45) is 0. The fraction of sp³-hybridized carbons (Fsp3) is 0.100. The van der Waals surface area contributed by atoms with Crippen LogP contribution < -0.4 is 19.1 Å². The Morgan fingerprint density at radius 3 is 2.22 bits per heavy atom. The van der Waals surface area contributed by atoms with Crippen molar-refractivity contribution in [3.05, 3.63) is 72.8 Å². The molecule has 3 aromatic rings. The molecule has 7 heteroatoms. The maximum Gasteiger partial charge on any atom is 0.162 e. The molecule has 0 radical (unpaired) electrons. The number of nitrogens with zero attached hydrogens (tertiary/aromatic N) is 1. The maximum absolute atomic E-state index is 12.1. The van der Waals surface area contributed by atoms with E-state index in [1.807, 2.05) is 42.5 Å². The van der Waals surface area contributed by atoms with Crippen molar-refractivity contribution in [3.63, 3.8) is 0 Å². The van der Waals surface area contributed by atoms with Crippen molar-refractivity contribution in [3.8, 4) is 11.5 Å². The molecule has 3 rings (SSSR count). The summed E-state index contributed by atoms with van der Waals surface area (Å²) in [5, 5.41) is 3.26. The highest BCUT2D eigenvalue weighted by atomic mass is 32.2. The maximum atomic E-state index is 12.1. The van der Waals surface area contributed by atoms with Gasteiger partial charge in [0, 0.05) is 11.8 Å². The standard InChI is InChI=1S/C20H20N2O4S/c1-25-19-13-12-16(14-20(19)26-2)22(27(23)24)18-11-7-6-10-17(18)21-15-8-4-3-5-9-15/h3-14,21H,1-2H3,(H,23,24)/p-1. The molecular formula is C20H19N2O4S-. The van der Waals surface area contributed by atoms with E-state index in [-0.39, 0.29) is 0 Å². The Balaban J connectivity index is 2.05. The fourth-order valence-electron chi connectivity index (χ4n) is 2.69.